The Morgan fingerprint density at radius 3 is 2.67 bits per heavy atom. The smallest absolute Gasteiger partial charge is 0.161 e. The average molecular weight is 248 g/mol. The molecule has 0 bridgehead atoms. The summed E-state index contributed by atoms with van der Waals surface area (Å²) >= 11 is 0. The van der Waals surface area contributed by atoms with Crippen molar-refractivity contribution in [3.05, 3.63) is 23.8 Å². The standard InChI is InChI=1S/C14H20N2O2/c1-9(16-12-7-11(15)8-12)10-2-3-13-14(6-10)18-5-4-17-13/h2-3,6,9,11-12,16H,4-5,7-8,15H2,1H3. The minimum absolute atomic E-state index is 0.318. The summed E-state index contributed by atoms with van der Waals surface area (Å²) in [7, 11) is 0. The molecule has 1 aliphatic carbocycles. The van der Waals surface area contributed by atoms with E-state index in [-0.39, 0.29) is 0 Å². The van der Waals surface area contributed by atoms with Gasteiger partial charge in [-0.2, -0.15) is 0 Å². The van der Waals surface area contributed by atoms with E-state index in [0.29, 0.717) is 31.3 Å². The summed E-state index contributed by atoms with van der Waals surface area (Å²) in [6, 6.07) is 7.43. The van der Waals surface area contributed by atoms with Crippen molar-refractivity contribution in [1.82, 2.24) is 5.32 Å². The fourth-order valence-corrected chi connectivity index (χ4v) is 2.58. The van der Waals surface area contributed by atoms with Crippen LogP contribution in [0.2, 0.25) is 0 Å². The van der Waals surface area contributed by atoms with Gasteiger partial charge in [0.2, 0.25) is 0 Å². The van der Waals surface area contributed by atoms with Crippen LogP contribution < -0.4 is 20.5 Å². The molecule has 1 aromatic carbocycles. The first kappa shape index (κ1) is 11.8. The van der Waals surface area contributed by atoms with Crippen LogP contribution in [0.5, 0.6) is 11.5 Å². The summed E-state index contributed by atoms with van der Waals surface area (Å²) in [5.74, 6) is 1.71. The molecule has 18 heavy (non-hydrogen) atoms. The molecule has 1 atom stereocenters. The molecule has 1 fully saturated rings. The van der Waals surface area contributed by atoms with Gasteiger partial charge in [-0.25, -0.2) is 0 Å². The van der Waals surface area contributed by atoms with Crippen molar-refractivity contribution in [3.63, 3.8) is 0 Å². The zero-order valence-electron chi connectivity index (χ0n) is 10.7. The summed E-state index contributed by atoms with van der Waals surface area (Å²) < 4.78 is 11.1. The lowest BCUT2D eigenvalue weighted by Gasteiger charge is -2.35. The predicted molar refractivity (Wildman–Crippen MR) is 70.0 cm³/mol. The van der Waals surface area contributed by atoms with Crippen molar-refractivity contribution < 1.29 is 9.47 Å². The highest BCUT2D eigenvalue weighted by Crippen LogP contribution is 2.33. The molecule has 1 unspecified atom stereocenters. The molecule has 0 aromatic heterocycles. The molecule has 1 heterocycles. The van der Waals surface area contributed by atoms with Crippen molar-refractivity contribution in [2.24, 2.45) is 5.73 Å². The SMILES string of the molecule is CC(NC1CC(N)C1)c1ccc2c(c1)OCCO2. The number of hydrogen-bond donors (Lipinski definition) is 2. The van der Waals surface area contributed by atoms with Crippen LogP contribution in [0.25, 0.3) is 0 Å². The lowest BCUT2D eigenvalue weighted by atomic mass is 9.87. The molecule has 1 saturated carbocycles. The Morgan fingerprint density at radius 2 is 1.94 bits per heavy atom. The Bertz CT molecular complexity index is 430. The normalized spacial score (nSPS) is 27.4. The van der Waals surface area contributed by atoms with Crippen LogP contribution in [0.1, 0.15) is 31.4 Å². The number of nitrogens with one attached hydrogen (secondary N) is 1. The monoisotopic (exact) mass is 248 g/mol. The minimum atomic E-state index is 0.318. The van der Waals surface area contributed by atoms with Crippen LogP contribution in [0, 0.1) is 0 Å². The molecule has 0 saturated heterocycles. The van der Waals surface area contributed by atoms with E-state index in [0.717, 1.165) is 24.3 Å². The van der Waals surface area contributed by atoms with Crippen LogP contribution >= 0.6 is 0 Å². The average Bonchev–Trinajstić information content (AvgIpc) is 2.36. The third-order valence-corrected chi connectivity index (χ3v) is 3.73. The third-order valence-electron chi connectivity index (χ3n) is 3.73. The van der Waals surface area contributed by atoms with Crippen LogP contribution in [0.15, 0.2) is 18.2 Å². The highest BCUT2D eigenvalue weighted by atomic mass is 16.6. The highest BCUT2D eigenvalue weighted by Gasteiger charge is 2.27. The van der Waals surface area contributed by atoms with E-state index in [9.17, 15) is 0 Å². The number of benzene rings is 1. The van der Waals surface area contributed by atoms with E-state index >= 15 is 0 Å². The first-order valence-corrected chi connectivity index (χ1v) is 6.63. The molecule has 4 nitrogen and oxygen atoms in total. The number of rotatable bonds is 3. The summed E-state index contributed by atoms with van der Waals surface area (Å²) in [6.45, 7) is 3.45. The van der Waals surface area contributed by atoms with Crippen LogP contribution in [0.4, 0.5) is 0 Å². The molecule has 0 amide bonds. The van der Waals surface area contributed by atoms with Crippen LogP contribution in [-0.2, 0) is 0 Å². The molecule has 0 radical (unpaired) electrons. The second-order valence-corrected chi connectivity index (χ2v) is 5.22. The first-order valence-electron chi connectivity index (χ1n) is 6.63. The lowest BCUT2D eigenvalue weighted by Crippen LogP contribution is -2.49. The Kier molecular flexibility index (Phi) is 3.14. The van der Waals surface area contributed by atoms with Crippen LogP contribution in [-0.4, -0.2) is 25.3 Å². The second kappa shape index (κ2) is 4.78. The van der Waals surface area contributed by atoms with Crippen molar-refractivity contribution in [3.8, 4) is 11.5 Å². The largest absolute Gasteiger partial charge is 0.486 e. The van der Waals surface area contributed by atoms with Gasteiger partial charge in [-0.1, -0.05) is 6.07 Å². The van der Waals surface area contributed by atoms with E-state index in [4.69, 9.17) is 15.2 Å². The number of nitrogens with two attached hydrogens (primary N) is 1. The lowest BCUT2D eigenvalue weighted by molar-refractivity contribution is 0.171. The van der Waals surface area contributed by atoms with E-state index in [2.05, 4.69) is 24.4 Å². The minimum Gasteiger partial charge on any atom is -0.486 e. The van der Waals surface area contributed by atoms with Gasteiger partial charge < -0.3 is 20.5 Å². The van der Waals surface area contributed by atoms with Gasteiger partial charge in [0, 0.05) is 18.1 Å². The zero-order chi connectivity index (χ0) is 12.5. The van der Waals surface area contributed by atoms with Gasteiger partial charge >= 0.3 is 0 Å². The van der Waals surface area contributed by atoms with Gasteiger partial charge in [0.15, 0.2) is 11.5 Å². The fourth-order valence-electron chi connectivity index (χ4n) is 2.58. The number of ether oxygens (including phenoxy) is 2. The van der Waals surface area contributed by atoms with Crippen LogP contribution in [0.3, 0.4) is 0 Å². The maximum Gasteiger partial charge on any atom is 0.161 e. The Hall–Kier alpha value is -1.26. The molecule has 1 aromatic rings. The predicted octanol–water partition coefficient (Wildman–Crippen LogP) is 1.60. The number of fused-ring (bicyclic) bond motifs is 1. The van der Waals surface area contributed by atoms with E-state index in [1.807, 2.05) is 6.07 Å². The maximum absolute atomic E-state index is 5.80. The number of hydrogen-bond acceptors (Lipinski definition) is 4. The summed E-state index contributed by atoms with van der Waals surface area (Å²) in [4.78, 5) is 0. The molecule has 1 aliphatic heterocycles. The van der Waals surface area contributed by atoms with Gasteiger partial charge in [0.25, 0.3) is 0 Å². The summed E-state index contributed by atoms with van der Waals surface area (Å²) in [5.41, 5.74) is 7.03. The molecule has 4 heteroatoms. The van der Waals surface area contributed by atoms with Gasteiger partial charge in [-0.3, -0.25) is 0 Å². The molecule has 0 spiro atoms. The second-order valence-electron chi connectivity index (χ2n) is 5.22. The fraction of sp³-hybridized carbons (Fsp3) is 0.571. The van der Waals surface area contributed by atoms with Gasteiger partial charge in [-0.15, -0.1) is 0 Å². The summed E-state index contributed by atoms with van der Waals surface area (Å²) in [6.07, 6.45) is 2.16. The van der Waals surface area contributed by atoms with Gasteiger partial charge in [-0.05, 0) is 37.5 Å². The Labute approximate surface area is 107 Å². The first-order chi connectivity index (χ1) is 8.72. The van der Waals surface area contributed by atoms with Crippen molar-refractivity contribution in [2.75, 3.05) is 13.2 Å². The van der Waals surface area contributed by atoms with Crippen molar-refractivity contribution in [2.45, 2.75) is 37.9 Å². The Morgan fingerprint density at radius 1 is 1.22 bits per heavy atom. The molecule has 98 valence electrons. The van der Waals surface area contributed by atoms with Crippen molar-refractivity contribution >= 4 is 0 Å². The zero-order valence-corrected chi connectivity index (χ0v) is 10.7. The van der Waals surface area contributed by atoms with Gasteiger partial charge in [0.05, 0.1) is 0 Å². The molecule has 3 N–H and O–H groups in total. The van der Waals surface area contributed by atoms with E-state index in [1.54, 1.807) is 0 Å². The molecular weight excluding hydrogens is 228 g/mol. The topological polar surface area (TPSA) is 56.5 Å². The summed E-state index contributed by atoms with van der Waals surface area (Å²) in [5, 5.41) is 3.59. The molecular formula is C14H20N2O2. The quantitative estimate of drug-likeness (QED) is 0.853. The third kappa shape index (κ3) is 2.31. The maximum atomic E-state index is 5.80. The highest BCUT2D eigenvalue weighted by molar-refractivity contribution is 5.44. The van der Waals surface area contributed by atoms with E-state index < -0.39 is 0 Å². The Balaban J connectivity index is 1.67. The van der Waals surface area contributed by atoms with Gasteiger partial charge in [0.1, 0.15) is 13.2 Å². The van der Waals surface area contributed by atoms with Crippen molar-refractivity contribution in [1.29, 1.82) is 0 Å². The van der Waals surface area contributed by atoms with E-state index in [1.165, 1.54) is 5.56 Å². The molecule has 3 rings (SSSR count). The molecule has 2 aliphatic rings.